The van der Waals surface area contributed by atoms with Crippen LogP contribution < -0.4 is 5.32 Å². The lowest BCUT2D eigenvalue weighted by molar-refractivity contribution is -0.137. The van der Waals surface area contributed by atoms with Gasteiger partial charge in [-0.05, 0) is 30.3 Å². The third kappa shape index (κ3) is 4.39. The molecule has 1 N–H and O–H groups in total. The smallest absolute Gasteiger partial charge is 0.326 e. The highest BCUT2D eigenvalue weighted by Crippen LogP contribution is 2.36. The first-order chi connectivity index (χ1) is 12.3. The fraction of sp³-hybridized carbons (Fsp3) is 0.118. The van der Waals surface area contributed by atoms with Crippen molar-refractivity contribution in [2.24, 2.45) is 0 Å². The molecule has 0 radical (unpaired) electrons. The number of nitrogens with zero attached hydrogens (tertiary/aromatic N) is 2. The van der Waals surface area contributed by atoms with E-state index in [0.717, 1.165) is 12.1 Å². The Balaban J connectivity index is 1.69. The van der Waals surface area contributed by atoms with E-state index in [1.54, 1.807) is 23.7 Å². The van der Waals surface area contributed by atoms with E-state index in [1.165, 1.54) is 17.4 Å². The Labute approximate surface area is 155 Å². The molecule has 4 nitrogen and oxygen atoms in total. The number of carbonyl (C=O) groups is 1. The average Bonchev–Trinajstić information content (AvgIpc) is 3.05. The second-order valence-electron chi connectivity index (χ2n) is 5.28. The second-order valence-corrected chi connectivity index (χ2v) is 6.54. The molecule has 1 amide bonds. The Morgan fingerprint density at radius 1 is 1.23 bits per heavy atom. The molecule has 0 saturated carbocycles. The van der Waals surface area contributed by atoms with E-state index in [4.69, 9.17) is 11.6 Å². The molecule has 0 saturated heterocycles. The molecule has 134 valence electrons. The number of hydrogen-bond donors (Lipinski definition) is 1. The number of thiazole rings is 1. The van der Waals surface area contributed by atoms with Gasteiger partial charge < -0.3 is 5.32 Å². The van der Waals surface area contributed by atoms with Gasteiger partial charge in [-0.25, -0.2) is 4.98 Å². The normalized spacial score (nSPS) is 11.4. The quantitative estimate of drug-likeness (QED) is 0.669. The predicted molar refractivity (Wildman–Crippen MR) is 94.1 cm³/mol. The predicted octanol–water partition coefficient (Wildman–Crippen LogP) is 5.06. The molecule has 2 aromatic heterocycles. The van der Waals surface area contributed by atoms with Crippen molar-refractivity contribution in [2.75, 3.05) is 5.32 Å². The minimum absolute atomic E-state index is 0.0203. The number of benzene rings is 1. The third-order valence-corrected chi connectivity index (χ3v) is 4.58. The van der Waals surface area contributed by atoms with Crippen molar-refractivity contribution in [3.05, 3.63) is 64.3 Å². The van der Waals surface area contributed by atoms with E-state index in [2.05, 4.69) is 15.3 Å². The van der Waals surface area contributed by atoms with Gasteiger partial charge in [0.15, 0.2) is 0 Å². The van der Waals surface area contributed by atoms with Crippen LogP contribution in [0.2, 0.25) is 5.02 Å². The molecular formula is C17H11ClF3N3OS. The highest BCUT2D eigenvalue weighted by atomic mass is 35.5. The van der Waals surface area contributed by atoms with Crippen LogP contribution in [0.25, 0.3) is 10.7 Å². The number of pyridine rings is 1. The molecule has 2 heterocycles. The van der Waals surface area contributed by atoms with Crippen LogP contribution in [0.15, 0.2) is 48.0 Å². The number of rotatable bonds is 4. The van der Waals surface area contributed by atoms with Gasteiger partial charge in [-0.15, -0.1) is 11.3 Å². The van der Waals surface area contributed by atoms with Gasteiger partial charge in [-0.2, -0.15) is 13.2 Å². The maximum atomic E-state index is 12.9. The Morgan fingerprint density at radius 2 is 2.04 bits per heavy atom. The van der Waals surface area contributed by atoms with E-state index >= 15 is 0 Å². The summed E-state index contributed by atoms with van der Waals surface area (Å²) in [5.41, 5.74) is 0.227. The standard InChI is InChI=1S/C17H11ClF3N3OS/c18-13-5-4-10(7-12(13)17(19,20)21)23-15(25)8-11-9-26-16(24-11)14-3-1-2-6-22-14/h1-7,9H,8H2,(H,23,25). The summed E-state index contributed by atoms with van der Waals surface area (Å²) in [5.74, 6) is -0.474. The summed E-state index contributed by atoms with van der Waals surface area (Å²) in [6.45, 7) is 0. The molecule has 0 atom stereocenters. The fourth-order valence-corrected chi connectivity index (χ4v) is 3.20. The molecule has 0 spiro atoms. The molecule has 0 unspecified atom stereocenters. The van der Waals surface area contributed by atoms with Crippen molar-refractivity contribution in [2.45, 2.75) is 12.6 Å². The van der Waals surface area contributed by atoms with Crippen molar-refractivity contribution in [1.29, 1.82) is 0 Å². The molecule has 3 rings (SSSR count). The van der Waals surface area contributed by atoms with Gasteiger partial charge >= 0.3 is 6.18 Å². The fourth-order valence-electron chi connectivity index (χ4n) is 2.19. The number of carbonyl (C=O) groups excluding carboxylic acids is 1. The summed E-state index contributed by atoms with van der Waals surface area (Å²) in [6, 6.07) is 8.63. The summed E-state index contributed by atoms with van der Waals surface area (Å²) in [7, 11) is 0. The van der Waals surface area contributed by atoms with E-state index < -0.39 is 22.7 Å². The number of hydrogen-bond acceptors (Lipinski definition) is 4. The maximum Gasteiger partial charge on any atom is 0.417 e. The van der Waals surface area contributed by atoms with E-state index in [0.29, 0.717) is 16.4 Å². The van der Waals surface area contributed by atoms with Gasteiger partial charge in [-0.3, -0.25) is 9.78 Å². The van der Waals surface area contributed by atoms with Crippen molar-refractivity contribution in [3.63, 3.8) is 0 Å². The minimum Gasteiger partial charge on any atom is -0.326 e. The summed E-state index contributed by atoms with van der Waals surface area (Å²) < 4.78 is 38.6. The number of amides is 1. The van der Waals surface area contributed by atoms with Gasteiger partial charge in [0.05, 0.1) is 28.4 Å². The number of alkyl halides is 3. The van der Waals surface area contributed by atoms with Gasteiger partial charge in [0.2, 0.25) is 5.91 Å². The lowest BCUT2D eigenvalue weighted by atomic mass is 10.2. The van der Waals surface area contributed by atoms with Crippen LogP contribution in [-0.4, -0.2) is 15.9 Å². The lowest BCUT2D eigenvalue weighted by Gasteiger charge is -2.11. The van der Waals surface area contributed by atoms with Crippen molar-refractivity contribution < 1.29 is 18.0 Å². The van der Waals surface area contributed by atoms with Crippen LogP contribution in [0.3, 0.4) is 0 Å². The first kappa shape index (κ1) is 18.3. The van der Waals surface area contributed by atoms with Crippen LogP contribution >= 0.6 is 22.9 Å². The van der Waals surface area contributed by atoms with Crippen LogP contribution in [-0.2, 0) is 17.4 Å². The zero-order valence-electron chi connectivity index (χ0n) is 13.0. The van der Waals surface area contributed by atoms with Gasteiger partial charge in [-0.1, -0.05) is 17.7 Å². The highest BCUT2D eigenvalue weighted by Gasteiger charge is 2.33. The van der Waals surface area contributed by atoms with Crippen LogP contribution in [0.1, 0.15) is 11.3 Å². The molecule has 0 bridgehead atoms. The van der Waals surface area contributed by atoms with Gasteiger partial charge in [0.25, 0.3) is 0 Å². The Bertz CT molecular complexity index is 929. The van der Waals surface area contributed by atoms with Crippen LogP contribution in [0.4, 0.5) is 18.9 Å². The zero-order valence-corrected chi connectivity index (χ0v) is 14.6. The Hall–Kier alpha value is -2.45. The van der Waals surface area contributed by atoms with Crippen molar-refractivity contribution in [1.82, 2.24) is 9.97 Å². The first-order valence-corrected chi connectivity index (χ1v) is 8.61. The van der Waals surface area contributed by atoms with E-state index in [-0.39, 0.29) is 12.1 Å². The summed E-state index contributed by atoms with van der Waals surface area (Å²) in [6.07, 6.45) is -3.01. The molecule has 0 aliphatic rings. The molecule has 9 heteroatoms. The Kier molecular flexibility index (Phi) is 5.24. The third-order valence-electron chi connectivity index (χ3n) is 3.33. The Morgan fingerprint density at radius 3 is 2.73 bits per heavy atom. The lowest BCUT2D eigenvalue weighted by Crippen LogP contribution is -2.15. The topological polar surface area (TPSA) is 54.9 Å². The highest BCUT2D eigenvalue weighted by molar-refractivity contribution is 7.13. The molecule has 26 heavy (non-hydrogen) atoms. The molecule has 1 aromatic carbocycles. The monoisotopic (exact) mass is 397 g/mol. The van der Waals surface area contributed by atoms with Crippen molar-refractivity contribution in [3.8, 4) is 10.7 Å². The summed E-state index contributed by atoms with van der Waals surface area (Å²) in [5, 5.41) is 4.39. The van der Waals surface area contributed by atoms with Crippen molar-refractivity contribution >= 4 is 34.5 Å². The average molecular weight is 398 g/mol. The maximum absolute atomic E-state index is 12.9. The summed E-state index contributed by atoms with van der Waals surface area (Å²) >= 11 is 6.90. The summed E-state index contributed by atoms with van der Waals surface area (Å²) in [4.78, 5) is 20.6. The van der Waals surface area contributed by atoms with Crippen LogP contribution in [0.5, 0.6) is 0 Å². The van der Waals surface area contributed by atoms with Gasteiger partial charge in [0.1, 0.15) is 5.01 Å². The molecule has 3 aromatic rings. The SMILES string of the molecule is O=C(Cc1csc(-c2ccccn2)n1)Nc1ccc(Cl)c(C(F)(F)F)c1. The molecule has 0 aliphatic carbocycles. The zero-order chi connectivity index (χ0) is 18.7. The largest absolute Gasteiger partial charge is 0.417 e. The first-order valence-electron chi connectivity index (χ1n) is 7.35. The molecular weight excluding hydrogens is 387 g/mol. The number of halogens is 4. The number of aromatic nitrogens is 2. The molecule has 0 aliphatic heterocycles. The second kappa shape index (κ2) is 7.43. The molecule has 0 fully saturated rings. The minimum atomic E-state index is -4.59. The number of anilines is 1. The van der Waals surface area contributed by atoms with E-state index in [9.17, 15) is 18.0 Å². The number of nitrogens with one attached hydrogen (secondary N) is 1. The van der Waals surface area contributed by atoms with Crippen LogP contribution in [0, 0.1) is 0 Å². The van der Waals surface area contributed by atoms with Gasteiger partial charge in [0, 0.05) is 17.3 Å². The van der Waals surface area contributed by atoms with E-state index in [1.807, 2.05) is 6.07 Å².